The van der Waals surface area contributed by atoms with Gasteiger partial charge in [-0.2, -0.15) is 0 Å². The van der Waals surface area contributed by atoms with Crippen LogP contribution < -0.4 is 4.57 Å². The summed E-state index contributed by atoms with van der Waals surface area (Å²) in [6, 6.07) is 0. The van der Waals surface area contributed by atoms with Crippen LogP contribution >= 0.6 is 0 Å². The number of unbranched alkanes of at least 4 members (excludes halogenated alkanes) is 3. The molecule has 0 N–H and O–H groups in total. The van der Waals surface area contributed by atoms with E-state index < -0.39 is 19.5 Å². The second-order valence-corrected chi connectivity index (χ2v) is 9.81. The molecule has 1 aromatic rings. The van der Waals surface area contributed by atoms with E-state index in [0.717, 1.165) is 0 Å². The fourth-order valence-electron chi connectivity index (χ4n) is 1.36. The Morgan fingerprint density at radius 3 is 1.89 bits per heavy atom. The van der Waals surface area contributed by atoms with Crippen molar-refractivity contribution in [2.24, 2.45) is 7.05 Å². The molecule has 0 radical (unpaired) electrons. The maximum atomic E-state index is 9.93. The van der Waals surface area contributed by atoms with E-state index in [1.54, 1.807) is 0 Å². The first-order chi connectivity index (χ1) is 8.28. The summed E-state index contributed by atoms with van der Waals surface area (Å²) in [5.41, 5.74) is 0. The second-order valence-electron chi connectivity index (χ2n) is 4.34. The van der Waals surface area contributed by atoms with Crippen LogP contribution in [-0.4, -0.2) is 24.0 Å². The van der Waals surface area contributed by atoms with Gasteiger partial charge in [-0.1, -0.05) is 19.8 Å². The van der Waals surface area contributed by atoms with E-state index in [4.69, 9.17) is 0 Å². The predicted molar refractivity (Wildman–Crippen MR) is 62.2 cm³/mol. The molecule has 0 saturated heterocycles. The minimum absolute atomic E-state index is 1.17. The molecule has 0 aliphatic carbocycles. The molecule has 1 aromatic heterocycles. The Labute approximate surface area is 110 Å². The topological polar surface area (TPSA) is 8.81 Å². The molecule has 0 saturated carbocycles. The van der Waals surface area contributed by atoms with Crippen molar-refractivity contribution in [3.05, 3.63) is 18.7 Å². The van der Waals surface area contributed by atoms with E-state index in [9.17, 15) is 16.9 Å². The van der Waals surface area contributed by atoms with Crippen LogP contribution in [0.4, 0.5) is 16.9 Å². The van der Waals surface area contributed by atoms with Crippen LogP contribution in [0.15, 0.2) is 18.7 Å². The molecule has 0 aromatic carbocycles. The third-order valence-electron chi connectivity index (χ3n) is 2.09. The fourth-order valence-corrected chi connectivity index (χ4v) is 1.36. The minimum atomic E-state index is -11.2. The molecule has 0 bridgehead atoms. The van der Waals surface area contributed by atoms with Gasteiger partial charge in [-0.15, -0.1) is 0 Å². The number of rotatable bonds is 5. The van der Waals surface area contributed by atoms with E-state index in [1.165, 1.54) is 32.2 Å². The van der Waals surface area contributed by atoms with Crippen LogP contribution in [-0.2, 0) is 13.6 Å². The van der Waals surface area contributed by atoms with Crippen molar-refractivity contribution < 1.29 is 21.4 Å². The monoisotopic (exact) mass is 402 g/mol. The number of aromatic nitrogens is 2. The van der Waals surface area contributed by atoms with Crippen LogP contribution in [0.1, 0.15) is 32.6 Å². The Kier molecular flexibility index (Phi) is 5.81. The van der Waals surface area contributed by atoms with Crippen LogP contribution in [0, 0.1) is 0 Å². The number of halogens is 6. The van der Waals surface area contributed by atoms with Gasteiger partial charge in [0.15, 0.2) is 0 Å². The maximum absolute atomic E-state index is 11.2. The number of aryl methyl sites for hydroxylation is 2. The summed E-state index contributed by atoms with van der Waals surface area (Å²) in [6.07, 6.45) is 11.7. The first-order valence-electron chi connectivity index (χ1n) is 5.85. The molecule has 0 fully saturated rings. The Morgan fingerprint density at radius 1 is 1.00 bits per heavy atom. The van der Waals surface area contributed by atoms with E-state index in [0.29, 0.717) is 0 Å². The Balaban J connectivity index is 0.000000399. The van der Waals surface area contributed by atoms with Gasteiger partial charge >= 0.3 is 36.4 Å². The standard InChI is InChI=1S/C10H19N2.6FH.Sb/c1-3-4-5-6-7-12-9-8-11(2)10-12;;;;;;;/h8-10H,3-7H2,1-2H3;6*1H;/q+1;;;;;;;+5/p-6. The summed E-state index contributed by atoms with van der Waals surface area (Å²) >= 11 is -11.2. The van der Waals surface area contributed by atoms with Crippen molar-refractivity contribution in [2.75, 3.05) is 0 Å². The summed E-state index contributed by atoms with van der Waals surface area (Å²) in [7, 11) is 2.06. The third-order valence-corrected chi connectivity index (χ3v) is 2.09. The summed E-state index contributed by atoms with van der Waals surface area (Å²) in [6.45, 7) is 3.41. The van der Waals surface area contributed by atoms with Crippen molar-refractivity contribution >= 4 is 19.5 Å². The van der Waals surface area contributed by atoms with Gasteiger partial charge < -0.3 is 0 Å². The molecule has 19 heavy (non-hydrogen) atoms. The molecule has 2 nitrogen and oxygen atoms in total. The molecule has 116 valence electrons. The number of hydrogen-bond donors (Lipinski definition) is 0. The molecule has 9 heteroatoms. The van der Waals surface area contributed by atoms with E-state index in [1.807, 2.05) is 0 Å². The molecule has 1 rings (SSSR count). The number of nitrogens with zero attached hydrogens (tertiary/aromatic N) is 2. The van der Waals surface area contributed by atoms with Crippen LogP contribution in [0.5, 0.6) is 0 Å². The molecule has 0 aliphatic heterocycles. The predicted octanol–water partition coefficient (Wildman–Crippen LogP) is 4.03. The van der Waals surface area contributed by atoms with Gasteiger partial charge in [0, 0.05) is 0 Å². The second kappa shape index (κ2) is 5.93. The molecule has 0 amide bonds. The molecular formula is C10H19F6N2Sb. The number of imidazole rings is 1. The third kappa shape index (κ3) is 20.1. The molecule has 0 spiro atoms. The van der Waals surface area contributed by atoms with Gasteiger partial charge in [0.25, 0.3) is 0 Å². The van der Waals surface area contributed by atoms with Gasteiger partial charge in [-0.25, -0.2) is 9.13 Å². The molecule has 1 heterocycles. The average Bonchev–Trinajstić information content (AvgIpc) is 2.54. The van der Waals surface area contributed by atoms with Gasteiger partial charge in [0.05, 0.1) is 13.6 Å². The van der Waals surface area contributed by atoms with Gasteiger partial charge in [-0.05, 0) is 12.8 Å². The van der Waals surface area contributed by atoms with Gasteiger partial charge in [-0.3, -0.25) is 0 Å². The van der Waals surface area contributed by atoms with Crippen molar-refractivity contribution in [3.8, 4) is 0 Å². The molecular weight excluding hydrogens is 384 g/mol. The summed E-state index contributed by atoms with van der Waals surface area (Å²) < 4.78 is 63.9. The zero-order valence-corrected chi connectivity index (χ0v) is 13.4. The summed E-state index contributed by atoms with van der Waals surface area (Å²) in [5, 5.41) is 0. The Hall–Kier alpha value is -0.392. The Bertz CT molecular complexity index is 371. The van der Waals surface area contributed by atoms with Crippen LogP contribution in [0.25, 0.3) is 0 Å². The van der Waals surface area contributed by atoms with Crippen molar-refractivity contribution in [2.45, 2.75) is 39.2 Å². The van der Waals surface area contributed by atoms with E-state index in [-0.39, 0.29) is 0 Å². The quantitative estimate of drug-likeness (QED) is 0.304. The molecule has 0 aliphatic rings. The first kappa shape index (κ1) is 18.6. The van der Waals surface area contributed by atoms with Gasteiger partial charge in [0.1, 0.15) is 12.4 Å². The van der Waals surface area contributed by atoms with Crippen LogP contribution in [0.3, 0.4) is 0 Å². The van der Waals surface area contributed by atoms with Crippen molar-refractivity contribution in [3.63, 3.8) is 0 Å². The molecule has 0 atom stereocenters. The Morgan fingerprint density at radius 2 is 1.53 bits per heavy atom. The SMILES string of the molecule is CCCCCCn1cc[n+](C)c1.[F][Sb-]([F])([F])([F])([F])[F]. The molecule has 0 unspecified atom stereocenters. The van der Waals surface area contributed by atoms with Crippen molar-refractivity contribution in [1.82, 2.24) is 4.57 Å². The van der Waals surface area contributed by atoms with E-state index in [2.05, 4.69) is 41.8 Å². The summed E-state index contributed by atoms with van der Waals surface area (Å²) in [5.74, 6) is 0. The van der Waals surface area contributed by atoms with Crippen molar-refractivity contribution in [1.29, 1.82) is 0 Å². The zero-order chi connectivity index (χ0) is 15.2. The van der Waals surface area contributed by atoms with E-state index >= 15 is 0 Å². The van der Waals surface area contributed by atoms with Gasteiger partial charge in [0.2, 0.25) is 6.33 Å². The fraction of sp³-hybridized carbons (Fsp3) is 0.700. The zero-order valence-electron chi connectivity index (χ0n) is 10.9. The normalized spacial score (nSPS) is 15.2. The first-order valence-corrected chi connectivity index (χ1v) is 11.6. The summed E-state index contributed by atoms with van der Waals surface area (Å²) in [4.78, 5) is 0. The van der Waals surface area contributed by atoms with Crippen LogP contribution in [0.2, 0.25) is 0 Å². The number of hydrogen-bond acceptors (Lipinski definition) is 0. The average molecular weight is 403 g/mol.